The van der Waals surface area contributed by atoms with E-state index in [0.717, 1.165) is 41.3 Å². The van der Waals surface area contributed by atoms with Crippen LogP contribution in [0.25, 0.3) is 10.9 Å². The molecule has 0 saturated heterocycles. The molecule has 5 aromatic rings. The zero-order valence-electron chi connectivity index (χ0n) is 22.8. The Morgan fingerprint density at radius 1 is 0.846 bits per heavy atom. The Bertz CT molecular complexity index is 1610. The molecule has 0 amide bonds. The highest BCUT2D eigenvalue weighted by atomic mass is 16.5. The SMILES string of the molecule is COc1ccc(C2[NH2+]CCc3c2[nH]c2ccc(OCc4ccccc4)cc32)cc1COc1cccc(C)c1C. The van der Waals surface area contributed by atoms with Crippen molar-refractivity contribution in [2.24, 2.45) is 0 Å². The largest absolute Gasteiger partial charge is 0.496 e. The fourth-order valence-corrected chi connectivity index (χ4v) is 5.57. The Hall–Kier alpha value is -4.22. The van der Waals surface area contributed by atoms with Crippen LogP contribution in [-0.2, 0) is 19.6 Å². The lowest BCUT2D eigenvalue weighted by atomic mass is 9.93. The van der Waals surface area contributed by atoms with E-state index in [4.69, 9.17) is 14.2 Å². The van der Waals surface area contributed by atoms with E-state index in [0.29, 0.717) is 13.2 Å². The predicted molar refractivity (Wildman–Crippen MR) is 155 cm³/mol. The van der Waals surface area contributed by atoms with Gasteiger partial charge in [-0.1, -0.05) is 42.5 Å². The van der Waals surface area contributed by atoms with Gasteiger partial charge in [0.15, 0.2) is 6.04 Å². The fraction of sp³-hybridized carbons (Fsp3) is 0.235. The third-order valence-corrected chi connectivity index (χ3v) is 7.87. The molecule has 5 heteroatoms. The summed E-state index contributed by atoms with van der Waals surface area (Å²) in [6.45, 7) is 6.26. The van der Waals surface area contributed by atoms with Crippen LogP contribution in [-0.4, -0.2) is 18.6 Å². The van der Waals surface area contributed by atoms with Gasteiger partial charge >= 0.3 is 0 Å². The van der Waals surface area contributed by atoms with Gasteiger partial charge in [-0.3, -0.25) is 0 Å². The topological polar surface area (TPSA) is 60.1 Å². The summed E-state index contributed by atoms with van der Waals surface area (Å²) < 4.78 is 18.1. The summed E-state index contributed by atoms with van der Waals surface area (Å²) in [5, 5.41) is 3.67. The van der Waals surface area contributed by atoms with Crippen LogP contribution in [0.15, 0.2) is 84.9 Å². The molecule has 4 aromatic carbocycles. The molecule has 1 unspecified atom stereocenters. The van der Waals surface area contributed by atoms with Gasteiger partial charge in [0.2, 0.25) is 0 Å². The van der Waals surface area contributed by atoms with Crippen LogP contribution >= 0.6 is 0 Å². The standard InChI is InChI=1S/C34H34N2O3/c1-22-8-7-11-31(23(22)2)39-21-26-18-25(12-15-32(26)37-3)33-34-28(16-17-35-33)29-19-27(13-14-30(29)36-34)38-20-24-9-5-4-6-10-24/h4-15,18-19,33,35-36H,16-17,20-21H2,1-3H3/p+1. The van der Waals surface area contributed by atoms with Crippen molar-refractivity contribution in [1.82, 2.24) is 4.98 Å². The van der Waals surface area contributed by atoms with Crippen LogP contribution in [0.5, 0.6) is 17.2 Å². The maximum absolute atomic E-state index is 6.26. The number of nitrogens with one attached hydrogen (secondary N) is 1. The summed E-state index contributed by atoms with van der Waals surface area (Å²) in [5.41, 5.74) is 9.65. The second kappa shape index (κ2) is 10.9. The summed E-state index contributed by atoms with van der Waals surface area (Å²) in [6, 6.07) is 29.5. The number of H-pyrrole nitrogens is 1. The van der Waals surface area contributed by atoms with Gasteiger partial charge in [-0.2, -0.15) is 0 Å². The molecule has 39 heavy (non-hydrogen) atoms. The number of quaternary nitrogens is 1. The third kappa shape index (κ3) is 5.10. The van der Waals surface area contributed by atoms with E-state index in [1.165, 1.54) is 38.9 Å². The molecule has 0 fully saturated rings. The fourth-order valence-electron chi connectivity index (χ4n) is 5.57. The molecule has 1 aliphatic heterocycles. The molecule has 0 aliphatic carbocycles. The van der Waals surface area contributed by atoms with E-state index in [1.807, 2.05) is 30.3 Å². The Kier molecular flexibility index (Phi) is 6.99. The molecule has 2 heterocycles. The molecule has 0 radical (unpaired) electrons. The van der Waals surface area contributed by atoms with Crippen molar-refractivity contribution in [1.29, 1.82) is 0 Å². The number of aromatic amines is 1. The Morgan fingerprint density at radius 3 is 2.56 bits per heavy atom. The predicted octanol–water partition coefficient (Wildman–Crippen LogP) is 6.16. The molecule has 0 bridgehead atoms. The van der Waals surface area contributed by atoms with Crippen molar-refractivity contribution in [3.05, 3.63) is 124 Å². The number of methoxy groups -OCH3 is 1. The number of aryl methyl sites for hydroxylation is 1. The van der Waals surface area contributed by atoms with Crippen molar-refractivity contribution in [2.75, 3.05) is 13.7 Å². The zero-order chi connectivity index (χ0) is 26.8. The summed E-state index contributed by atoms with van der Waals surface area (Å²) in [4.78, 5) is 3.74. The molecule has 6 rings (SSSR count). The van der Waals surface area contributed by atoms with Crippen LogP contribution in [0, 0.1) is 13.8 Å². The molecular weight excluding hydrogens is 484 g/mol. The molecule has 0 saturated carbocycles. The number of rotatable bonds is 8. The van der Waals surface area contributed by atoms with Crippen LogP contribution < -0.4 is 19.5 Å². The molecule has 0 spiro atoms. The molecule has 3 N–H and O–H groups in total. The minimum Gasteiger partial charge on any atom is -0.496 e. The first-order valence-corrected chi connectivity index (χ1v) is 13.6. The number of fused-ring (bicyclic) bond motifs is 3. The van der Waals surface area contributed by atoms with Gasteiger partial charge in [0.05, 0.1) is 19.3 Å². The average Bonchev–Trinajstić information content (AvgIpc) is 3.35. The smallest absolute Gasteiger partial charge is 0.153 e. The summed E-state index contributed by atoms with van der Waals surface area (Å²) in [5.74, 6) is 2.65. The lowest BCUT2D eigenvalue weighted by Crippen LogP contribution is -2.87. The Labute approximate surface area is 229 Å². The van der Waals surface area contributed by atoms with E-state index < -0.39 is 0 Å². The molecule has 5 nitrogen and oxygen atoms in total. The van der Waals surface area contributed by atoms with Gasteiger partial charge in [0.25, 0.3) is 0 Å². The monoisotopic (exact) mass is 519 g/mol. The van der Waals surface area contributed by atoms with Crippen molar-refractivity contribution < 1.29 is 19.5 Å². The molecule has 198 valence electrons. The minimum atomic E-state index is 0.181. The van der Waals surface area contributed by atoms with Crippen molar-refractivity contribution in [2.45, 2.75) is 39.5 Å². The number of aromatic nitrogens is 1. The van der Waals surface area contributed by atoms with E-state index >= 15 is 0 Å². The van der Waals surface area contributed by atoms with Gasteiger partial charge in [0.1, 0.15) is 30.5 Å². The van der Waals surface area contributed by atoms with Gasteiger partial charge < -0.3 is 24.5 Å². The maximum atomic E-state index is 6.26. The van der Waals surface area contributed by atoms with E-state index in [2.05, 4.69) is 78.7 Å². The number of nitrogens with two attached hydrogens (primary N) is 1. The zero-order valence-corrected chi connectivity index (χ0v) is 22.8. The van der Waals surface area contributed by atoms with Gasteiger partial charge in [-0.05, 0) is 78.6 Å². The lowest BCUT2D eigenvalue weighted by molar-refractivity contribution is -0.690. The third-order valence-electron chi connectivity index (χ3n) is 7.87. The minimum absolute atomic E-state index is 0.181. The van der Waals surface area contributed by atoms with Crippen molar-refractivity contribution >= 4 is 10.9 Å². The second-order valence-electron chi connectivity index (χ2n) is 10.3. The lowest BCUT2D eigenvalue weighted by Gasteiger charge is -2.23. The second-order valence-corrected chi connectivity index (χ2v) is 10.3. The van der Waals surface area contributed by atoms with E-state index in [1.54, 1.807) is 7.11 Å². The normalized spacial score (nSPS) is 14.7. The van der Waals surface area contributed by atoms with Crippen molar-refractivity contribution in [3.8, 4) is 17.2 Å². The number of benzene rings is 4. The van der Waals surface area contributed by atoms with Gasteiger partial charge in [-0.25, -0.2) is 0 Å². The highest BCUT2D eigenvalue weighted by Crippen LogP contribution is 2.34. The molecule has 1 atom stereocenters. The Morgan fingerprint density at radius 2 is 1.72 bits per heavy atom. The first kappa shape index (κ1) is 25.1. The highest BCUT2D eigenvalue weighted by Gasteiger charge is 2.29. The molecule has 1 aliphatic rings. The van der Waals surface area contributed by atoms with Crippen LogP contribution in [0.1, 0.15) is 45.1 Å². The first-order valence-electron chi connectivity index (χ1n) is 13.6. The maximum Gasteiger partial charge on any atom is 0.153 e. The Balaban J connectivity index is 1.27. The van der Waals surface area contributed by atoms with Crippen LogP contribution in [0.3, 0.4) is 0 Å². The summed E-state index contributed by atoms with van der Waals surface area (Å²) >= 11 is 0. The summed E-state index contributed by atoms with van der Waals surface area (Å²) in [6.07, 6.45) is 1.02. The van der Waals surface area contributed by atoms with Gasteiger partial charge in [0, 0.05) is 28.5 Å². The highest BCUT2D eigenvalue weighted by molar-refractivity contribution is 5.86. The van der Waals surface area contributed by atoms with Crippen LogP contribution in [0.2, 0.25) is 0 Å². The van der Waals surface area contributed by atoms with Gasteiger partial charge in [-0.15, -0.1) is 0 Å². The molecular formula is C34H35N2O3+. The number of hydrogen-bond acceptors (Lipinski definition) is 3. The quantitative estimate of drug-likeness (QED) is 0.258. The van der Waals surface area contributed by atoms with E-state index in [9.17, 15) is 0 Å². The first-order chi connectivity index (χ1) is 19.1. The number of hydrogen-bond donors (Lipinski definition) is 2. The summed E-state index contributed by atoms with van der Waals surface area (Å²) in [7, 11) is 1.72. The van der Waals surface area contributed by atoms with Crippen molar-refractivity contribution in [3.63, 3.8) is 0 Å². The number of ether oxygens (including phenoxy) is 3. The molecule has 1 aromatic heterocycles. The van der Waals surface area contributed by atoms with Crippen LogP contribution in [0.4, 0.5) is 0 Å². The average molecular weight is 520 g/mol. The van der Waals surface area contributed by atoms with E-state index in [-0.39, 0.29) is 6.04 Å².